The molecule has 0 aliphatic carbocycles. The van der Waals surface area contributed by atoms with Crippen molar-refractivity contribution in [1.82, 2.24) is 0 Å². The van der Waals surface area contributed by atoms with Gasteiger partial charge in [-0.2, -0.15) is 12.6 Å². The Morgan fingerprint density at radius 2 is 2.42 bits per heavy atom. The van der Waals surface area contributed by atoms with E-state index in [1.165, 1.54) is 11.3 Å². The average Bonchev–Trinajstić information content (AvgIpc) is 2.53. The smallest absolute Gasteiger partial charge is 0.332 e. The molecule has 0 saturated carbocycles. The molecule has 1 heterocycles. The minimum absolute atomic E-state index is 0.112. The molecule has 0 saturated heterocycles. The van der Waals surface area contributed by atoms with Crippen LogP contribution in [0.3, 0.4) is 0 Å². The van der Waals surface area contributed by atoms with Gasteiger partial charge in [-0.1, -0.05) is 12.6 Å². The van der Waals surface area contributed by atoms with E-state index in [0.717, 1.165) is 4.88 Å². The van der Waals surface area contributed by atoms with Crippen molar-refractivity contribution in [2.45, 2.75) is 5.25 Å². The lowest BCUT2D eigenvalue weighted by molar-refractivity contribution is -0.132. The molecule has 0 aliphatic rings. The van der Waals surface area contributed by atoms with Crippen LogP contribution < -0.4 is 0 Å². The maximum Gasteiger partial charge on any atom is 0.332 e. The lowest BCUT2D eigenvalue weighted by Gasteiger charge is -2.06. The van der Waals surface area contributed by atoms with Crippen LogP contribution in [-0.4, -0.2) is 11.1 Å². The molecule has 0 fully saturated rings. The molecule has 0 aliphatic heterocycles. The maximum absolute atomic E-state index is 10.5. The third-order valence-electron chi connectivity index (χ3n) is 1.42. The SMILES string of the molecule is C=C(C(=O)O)C(S)c1cccs1. The first-order valence-corrected chi connectivity index (χ1v) is 4.66. The number of carboxylic acid groups (broad SMARTS) is 1. The normalized spacial score (nSPS) is 12.4. The lowest BCUT2D eigenvalue weighted by atomic mass is 10.2. The van der Waals surface area contributed by atoms with Gasteiger partial charge in [-0.05, 0) is 11.4 Å². The Morgan fingerprint density at radius 3 is 2.83 bits per heavy atom. The first-order chi connectivity index (χ1) is 5.63. The largest absolute Gasteiger partial charge is 0.478 e. The Morgan fingerprint density at radius 1 is 1.75 bits per heavy atom. The van der Waals surface area contributed by atoms with Crippen molar-refractivity contribution in [3.63, 3.8) is 0 Å². The number of thiophene rings is 1. The van der Waals surface area contributed by atoms with Crippen molar-refractivity contribution in [3.8, 4) is 0 Å². The van der Waals surface area contributed by atoms with Crippen molar-refractivity contribution in [3.05, 3.63) is 34.5 Å². The van der Waals surface area contributed by atoms with Crippen LogP contribution >= 0.6 is 24.0 Å². The highest BCUT2D eigenvalue weighted by molar-refractivity contribution is 7.81. The van der Waals surface area contributed by atoms with Crippen molar-refractivity contribution in [1.29, 1.82) is 0 Å². The van der Waals surface area contributed by atoms with E-state index < -0.39 is 5.97 Å². The number of hydrogen-bond donors (Lipinski definition) is 2. The molecule has 1 unspecified atom stereocenters. The second kappa shape index (κ2) is 3.78. The molecule has 4 heteroatoms. The summed E-state index contributed by atoms with van der Waals surface area (Å²) in [5.41, 5.74) is 0.112. The first kappa shape index (κ1) is 9.35. The van der Waals surface area contributed by atoms with E-state index in [2.05, 4.69) is 19.2 Å². The van der Waals surface area contributed by atoms with Crippen LogP contribution in [0.4, 0.5) is 0 Å². The number of rotatable bonds is 3. The van der Waals surface area contributed by atoms with E-state index in [4.69, 9.17) is 5.11 Å². The zero-order valence-electron chi connectivity index (χ0n) is 6.23. The summed E-state index contributed by atoms with van der Waals surface area (Å²) >= 11 is 5.63. The molecule has 64 valence electrons. The number of aliphatic carboxylic acids is 1. The second-order valence-electron chi connectivity index (χ2n) is 2.25. The molecule has 0 spiro atoms. The number of carboxylic acids is 1. The van der Waals surface area contributed by atoms with E-state index in [-0.39, 0.29) is 10.8 Å². The number of thiol groups is 1. The van der Waals surface area contributed by atoms with Gasteiger partial charge in [0.15, 0.2) is 0 Å². The summed E-state index contributed by atoms with van der Waals surface area (Å²) in [6, 6.07) is 3.70. The highest BCUT2D eigenvalue weighted by atomic mass is 32.1. The fourth-order valence-corrected chi connectivity index (χ4v) is 1.86. The highest BCUT2D eigenvalue weighted by Crippen LogP contribution is 2.30. The maximum atomic E-state index is 10.5. The van der Waals surface area contributed by atoms with Crippen LogP contribution in [0, 0.1) is 0 Å². The van der Waals surface area contributed by atoms with Gasteiger partial charge in [0.25, 0.3) is 0 Å². The molecule has 0 amide bonds. The van der Waals surface area contributed by atoms with Gasteiger partial charge in [0.2, 0.25) is 0 Å². The van der Waals surface area contributed by atoms with Crippen LogP contribution in [-0.2, 0) is 4.79 Å². The Kier molecular flexibility index (Phi) is 2.94. The molecule has 1 rings (SSSR count). The summed E-state index contributed by atoms with van der Waals surface area (Å²) in [5, 5.41) is 10.1. The van der Waals surface area contributed by atoms with Gasteiger partial charge >= 0.3 is 5.97 Å². The van der Waals surface area contributed by atoms with E-state index >= 15 is 0 Å². The molecule has 1 aromatic rings. The average molecular weight is 200 g/mol. The fourth-order valence-electron chi connectivity index (χ4n) is 0.736. The van der Waals surface area contributed by atoms with Gasteiger partial charge in [0.05, 0.1) is 5.25 Å². The lowest BCUT2D eigenvalue weighted by Crippen LogP contribution is -2.03. The molecule has 1 atom stereocenters. The molecule has 0 bridgehead atoms. The van der Waals surface area contributed by atoms with Gasteiger partial charge in [0, 0.05) is 10.5 Å². The Balaban J connectivity index is 2.79. The van der Waals surface area contributed by atoms with Crippen LogP contribution in [0.15, 0.2) is 29.7 Å². The van der Waals surface area contributed by atoms with E-state index in [9.17, 15) is 4.79 Å². The second-order valence-corrected chi connectivity index (χ2v) is 3.74. The highest BCUT2D eigenvalue weighted by Gasteiger charge is 2.16. The molecule has 1 aromatic heterocycles. The van der Waals surface area contributed by atoms with Gasteiger partial charge in [-0.15, -0.1) is 11.3 Å². The van der Waals surface area contributed by atoms with Crippen molar-refractivity contribution < 1.29 is 9.90 Å². The summed E-state index contributed by atoms with van der Waals surface area (Å²) < 4.78 is 0. The summed E-state index contributed by atoms with van der Waals surface area (Å²) in [6.07, 6.45) is 0. The minimum Gasteiger partial charge on any atom is -0.478 e. The van der Waals surface area contributed by atoms with Gasteiger partial charge < -0.3 is 5.11 Å². The molecule has 12 heavy (non-hydrogen) atoms. The quantitative estimate of drug-likeness (QED) is 0.580. The predicted molar refractivity (Wildman–Crippen MR) is 52.8 cm³/mol. The summed E-state index contributed by atoms with van der Waals surface area (Å²) in [4.78, 5) is 11.4. The molecule has 0 radical (unpaired) electrons. The minimum atomic E-state index is -0.997. The third-order valence-corrected chi connectivity index (χ3v) is 3.12. The Labute approximate surface area is 80.0 Å². The Bertz CT molecular complexity index is 290. The Hall–Kier alpha value is -0.740. The van der Waals surface area contributed by atoms with Crippen molar-refractivity contribution >= 4 is 29.9 Å². The molecular weight excluding hydrogens is 192 g/mol. The zero-order valence-corrected chi connectivity index (χ0v) is 7.94. The molecule has 0 aromatic carbocycles. The zero-order chi connectivity index (χ0) is 9.14. The van der Waals surface area contributed by atoms with Crippen LogP contribution in [0.25, 0.3) is 0 Å². The van der Waals surface area contributed by atoms with E-state index in [1.54, 1.807) is 0 Å². The van der Waals surface area contributed by atoms with Crippen molar-refractivity contribution in [2.75, 3.05) is 0 Å². The van der Waals surface area contributed by atoms with Crippen LogP contribution in [0.1, 0.15) is 10.1 Å². The summed E-state index contributed by atoms with van der Waals surface area (Å²) in [6.45, 7) is 3.44. The predicted octanol–water partition coefficient (Wildman–Crippen LogP) is 2.36. The van der Waals surface area contributed by atoms with Gasteiger partial charge in [0.1, 0.15) is 0 Å². The topological polar surface area (TPSA) is 37.3 Å². The van der Waals surface area contributed by atoms with E-state index in [1.807, 2.05) is 17.5 Å². The van der Waals surface area contributed by atoms with Crippen LogP contribution in [0.2, 0.25) is 0 Å². The van der Waals surface area contributed by atoms with Gasteiger partial charge in [-0.3, -0.25) is 0 Å². The standard InChI is InChI=1S/C8H8O2S2/c1-5(8(9)10)7(11)6-3-2-4-12-6/h2-4,7,11H,1H2,(H,9,10). The summed E-state index contributed by atoms with van der Waals surface area (Å²) in [5.74, 6) is -0.997. The van der Waals surface area contributed by atoms with E-state index in [0.29, 0.717) is 0 Å². The molecule has 1 N–H and O–H groups in total. The van der Waals surface area contributed by atoms with Crippen molar-refractivity contribution in [2.24, 2.45) is 0 Å². The van der Waals surface area contributed by atoms with Gasteiger partial charge in [-0.25, -0.2) is 4.79 Å². The fraction of sp³-hybridized carbons (Fsp3) is 0.125. The summed E-state index contributed by atoms with van der Waals surface area (Å²) in [7, 11) is 0. The third kappa shape index (κ3) is 1.89. The first-order valence-electron chi connectivity index (χ1n) is 3.26. The molecule has 2 nitrogen and oxygen atoms in total. The molecular formula is C8H8O2S2. The monoisotopic (exact) mass is 200 g/mol. The van der Waals surface area contributed by atoms with Crippen LogP contribution in [0.5, 0.6) is 0 Å². The number of carbonyl (C=O) groups is 1. The number of hydrogen-bond acceptors (Lipinski definition) is 3.